The number of rotatable bonds is 4. The van der Waals surface area contributed by atoms with E-state index in [-0.39, 0.29) is 35.5 Å². The Morgan fingerprint density at radius 1 is 1.09 bits per heavy atom. The van der Waals surface area contributed by atoms with E-state index in [1.165, 1.54) is 4.90 Å². The lowest BCUT2D eigenvalue weighted by molar-refractivity contribution is -0.123. The number of ether oxygens (including phenoxy) is 1. The first-order valence-corrected chi connectivity index (χ1v) is 8.00. The normalized spacial score (nSPS) is 32.0. The van der Waals surface area contributed by atoms with Crippen molar-refractivity contribution < 1.29 is 14.3 Å². The minimum atomic E-state index is -0.165. The van der Waals surface area contributed by atoms with Crippen LogP contribution in [-0.4, -0.2) is 18.4 Å². The van der Waals surface area contributed by atoms with E-state index >= 15 is 0 Å². The number of imide groups is 1. The second kappa shape index (κ2) is 4.97. The van der Waals surface area contributed by atoms with Crippen LogP contribution in [0.2, 0.25) is 0 Å². The molecule has 22 heavy (non-hydrogen) atoms. The predicted molar refractivity (Wildman–Crippen MR) is 82.4 cm³/mol. The number of allylic oxidation sites excluding steroid dienone is 2. The lowest BCUT2D eigenvalue weighted by atomic mass is 9.85. The number of amides is 2. The zero-order valence-electron chi connectivity index (χ0n) is 12.6. The molecule has 3 aliphatic rings. The van der Waals surface area contributed by atoms with Gasteiger partial charge in [0.25, 0.3) is 0 Å². The molecule has 4 heteroatoms. The molecular formula is C18H19NO3. The third kappa shape index (κ3) is 1.76. The summed E-state index contributed by atoms with van der Waals surface area (Å²) in [7, 11) is 0. The predicted octanol–water partition coefficient (Wildman–Crippen LogP) is 2.79. The monoisotopic (exact) mass is 297 g/mol. The summed E-state index contributed by atoms with van der Waals surface area (Å²) in [4.78, 5) is 27.0. The number of para-hydroxylation sites is 2. The highest BCUT2D eigenvalue weighted by Crippen LogP contribution is 2.53. The maximum absolute atomic E-state index is 12.8. The summed E-state index contributed by atoms with van der Waals surface area (Å²) < 4.78 is 5.73. The van der Waals surface area contributed by atoms with Gasteiger partial charge in [-0.15, -0.1) is 0 Å². The average Bonchev–Trinajstić information content (AvgIpc) is 3.20. The van der Waals surface area contributed by atoms with Gasteiger partial charge in [-0.3, -0.25) is 9.59 Å². The minimum Gasteiger partial charge on any atom is -0.491 e. The first kappa shape index (κ1) is 13.6. The van der Waals surface area contributed by atoms with Crippen molar-refractivity contribution in [3.05, 3.63) is 36.4 Å². The van der Waals surface area contributed by atoms with Gasteiger partial charge >= 0.3 is 0 Å². The van der Waals surface area contributed by atoms with Crippen molar-refractivity contribution in [1.29, 1.82) is 0 Å². The maximum Gasteiger partial charge on any atom is 0.238 e. The number of hydrogen-bond acceptors (Lipinski definition) is 3. The first-order chi connectivity index (χ1) is 10.7. The minimum absolute atomic E-state index is 0.0561. The summed E-state index contributed by atoms with van der Waals surface area (Å²) in [6.07, 6.45) is 6.06. The van der Waals surface area contributed by atoms with Crippen LogP contribution in [0.1, 0.15) is 19.8 Å². The van der Waals surface area contributed by atoms with Gasteiger partial charge in [-0.2, -0.15) is 0 Å². The van der Waals surface area contributed by atoms with Crippen molar-refractivity contribution in [3.63, 3.8) is 0 Å². The zero-order chi connectivity index (χ0) is 15.3. The molecule has 1 saturated carbocycles. The summed E-state index contributed by atoms with van der Waals surface area (Å²) in [5, 5.41) is 0. The van der Waals surface area contributed by atoms with Gasteiger partial charge in [-0.1, -0.05) is 31.2 Å². The van der Waals surface area contributed by atoms with Crippen LogP contribution in [-0.2, 0) is 9.59 Å². The van der Waals surface area contributed by atoms with E-state index in [2.05, 4.69) is 12.2 Å². The number of hydrogen-bond donors (Lipinski definition) is 0. The number of carbonyl (C=O) groups excluding carboxylic acids is 2. The van der Waals surface area contributed by atoms with Gasteiger partial charge < -0.3 is 4.74 Å². The quantitative estimate of drug-likeness (QED) is 0.634. The highest BCUT2D eigenvalue weighted by Gasteiger charge is 2.59. The summed E-state index contributed by atoms with van der Waals surface area (Å²) in [6, 6.07) is 7.34. The number of anilines is 1. The molecule has 1 saturated heterocycles. The molecular weight excluding hydrogens is 278 g/mol. The van der Waals surface area contributed by atoms with Crippen LogP contribution in [0.5, 0.6) is 5.75 Å². The molecule has 1 heterocycles. The van der Waals surface area contributed by atoms with Gasteiger partial charge in [-0.05, 0) is 36.8 Å². The standard InChI is InChI=1S/C18H19NO3/c1-2-9-22-14-6-4-3-5-13(14)19-17(20)15-11-7-8-12(10-11)16(15)18(19)21/h3-8,11-12,15-16H,2,9-10H2,1H3/t11-,12+,15-,16+. The third-order valence-electron chi connectivity index (χ3n) is 5.04. The van der Waals surface area contributed by atoms with Crippen molar-refractivity contribution in [3.8, 4) is 5.75 Å². The van der Waals surface area contributed by atoms with Crippen LogP contribution in [0.25, 0.3) is 0 Å². The van der Waals surface area contributed by atoms with E-state index in [0.717, 1.165) is 12.8 Å². The smallest absolute Gasteiger partial charge is 0.238 e. The Kier molecular flexibility index (Phi) is 3.06. The Bertz CT molecular complexity index is 636. The maximum atomic E-state index is 12.8. The van der Waals surface area contributed by atoms with E-state index in [1.807, 2.05) is 25.1 Å². The molecule has 1 aromatic carbocycles. The Morgan fingerprint density at radius 2 is 1.73 bits per heavy atom. The lowest BCUT2D eigenvalue weighted by Crippen LogP contribution is -2.33. The van der Waals surface area contributed by atoms with Gasteiger partial charge in [-0.25, -0.2) is 4.90 Å². The molecule has 0 spiro atoms. The highest BCUT2D eigenvalue weighted by atomic mass is 16.5. The Hall–Kier alpha value is -2.10. The van der Waals surface area contributed by atoms with Crippen molar-refractivity contribution in [2.24, 2.45) is 23.7 Å². The molecule has 4 rings (SSSR count). The van der Waals surface area contributed by atoms with Gasteiger partial charge in [0.1, 0.15) is 5.75 Å². The molecule has 4 atom stereocenters. The third-order valence-corrected chi connectivity index (χ3v) is 5.04. The summed E-state index contributed by atoms with van der Waals surface area (Å²) in [6.45, 7) is 2.61. The average molecular weight is 297 g/mol. The van der Waals surface area contributed by atoms with Gasteiger partial charge in [0.15, 0.2) is 0 Å². The van der Waals surface area contributed by atoms with E-state index < -0.39 is 0 Å². The topological polar surface area (TPSA) is 46.6 Å². The van der Waals surface area contributed by atoms with Crippen molar-refractivity contribution >= 4 is 17.5 Å². The second-order valence-electron chi connectivity index (χ2n) is 6.33. The van der Waals surface area contributed by atoms with E-state index in [4.69, 9.17) is 4.74 Å². The molecule has 2 bridgehead atoms. The van der Waals surface area contributed by atoms with Crippen molar-refractivity contribution in [2.45, 2.75) is 19.8 Å². The van der Waals surface area contributed by atoms with Crippen LogP contribution in [0, 0.1) is 23.7 Å². The van der Waals surface area contributed by atoms with Crippen LogP contribution in [0.3, 0.4) is 0 Å². The molecule has 1 aromatic rings. The SMILES string of the molecule is CCCOc1ccccc1N1C(=O)[C@@H]2[C@H](C1=O)[C@@H]1C=C[C@H]2C1. The molecule has 0 aromatic heterocycles. The lowest BCUT2D eigenvalue weighted by Gasteiger charge is -2.20. The molecule has 2 amide bonds. The molecule has 0 unspecified atom stereocenters. The Labute approximate surface area is 129 Å². The molecule has 114 valence electrons. The fraction of sp³-hybridized carbons (Fsp3) is 0.444. The number of benzene rings is 1. The fourth-order valence-corrected chi connectivity index (χ4v) is 4.12. The number of fused-ring (bicyclic) bond motifs is 5. The second-order valence-corrected chi connectivity index (χ2v) is 6.33. The summed E-state index contributed by atoms with van der Waals surface area (Å²) >= 11 is 0. The largest absolute Gasteiger partial charge is 0.491 e. The summed E-state index contributed by atoms with van der Waals surface area (Å²) in [5.41, 5.74) is 0.597. The van der Waals surface area contributed by atoms with E-state index in [0.29, 0.717) is 18.0 Å². The van der Waals surface area contributed by atoms with Gasteiger partial charge in [0, 0.05) is 0 Å². The summed E-state index contributed by atoms with van der Waals surface area (Å²) in [5.74, 6) is 0.647. The van der Waals surface area contributed by atoms with Crippen LogP contribution < -0.4 is 9.64 Å². The van der Waals surface area contributed by atoms with Crippen molar-refractivity contribution in [2.75, 3.05) is 11.5 Å². The van der Waals surface area contributed by atoms with E-state index in [9.17, 15) is 9.59 Å². The van der Waals surface area contributed by atoms with Crippen molar-refractivity contribution in [1.82, 2.24) is 0 Å². The highest BCUT2D eigenvalue weighted by molar-refractivity contribution is 6.23. The number of nitrogens with zero attached hydrogens (tertiary/aromatic N) is 1. The molecule has 0 N–H and O–H groups in total. The van der Waals surface area contributed by atoms with E-state index in [1.54, 1.807) is 6.07 Å². The van der Waals surface area contributed by atoms with Crippen LogP contribution in [0.15, 0.2) is 36.4 Å². The Balaban J connectivity index is 1.70. The molecule has 1 aliphatic heterocycles. The fourth-order valence-electron chi connectivity index (χ4n) is 4.12. The van der Waals surface area contributed by atoms with Crippen LogP contribution in [0.4, 0.5) is 5.69 Å². The van der Waals surface area contributed by atoms with Crippen LogP contribution >= 0.6 is 0 Å². The molecule has 2 fully saturated rings. The molecule has 2 aliphatic carbocycles. The molecule has 0 radical (unpaired) electrons. The van der Waals surface area contributed by atoms with Gasteiger partial charge in [0.05, 0.1) is 24.1 Å². The first-order valence-electron chi connectivity index (χ1n) is 8.00. The zero-order valence-corrected chi connectivity index (χ0v) is 12.6. The van der Waals surface area contributed by atoms with Gasteiger partial charge in [0.2, 0.25) is 11.8 Å². The molecule has 4 nitrogen and oxygen atoms in total. The number of carbonyl (C=O) groups is 2. The Morgan fingerprint density at radius 3 is 2.36 bits per heavy atom.